The fourth-order valence-corrected chi connectivity index (χ4v) is 8.04. The van der Waals surface area contributed by atoms with Gasteiger partial charge in [-0.15, -0.1) is 0 Å². The highest BCUT2D eigenvalue weighted by Gasteiger charge is 2.66. The summed E-state index contributed by atoms with van der Waals surface area (Å²) < 4.78 is 4.80. The topological polar surface area (TPSA) is 77.5 Å². The molecule has 0 heterocycles. The van der Waals surface area contributed by atoms with E-state index in [1.807, 2.05) is 0 Å². The van der Waals surface area contributed by atoms with E-state index in [1.165, 1.54) is 7.11 Å². The zero-order chi connectivity index (χ0) is 21.8. The van der Waals surface area contributed by atoms with Crippen LogP contribution in [-0.2, 0) is 23.9 Å². The summed E-state index contributed by atoms with van der Waals surface area (Å²) in [6.45, 7) is 6.50. The lowest BCUT2D eigenvalue weighted by molar-refractivity contribution is -0.166. The van der Waals surface area contributed by atoms with E-state index < -0.39 is 5.41 Å². The zero-order valence-electron chi connectivity index (χ0n) is 18.9. The zero-order valence-corrected chi connectivity index (χ0v) is 18.9. The number of hydrogen-bond acceptors (Lipinski definition) is 5. The predicted molar refractivity (Wildman–Crippen MR) is 111 cm³/mol. The summed E-state index contributed by atoms with van der Waals surface area (Å²) in [5, 5.41) is 0. The Balaban J connectivity index is 1.60. The summed E-state index contributed by atoms with van der Waals surface area (Å²) in [5.41, 5.74) is -0.544. The van der Waals surface area contributed by atoms with Gasteiger partial charge in [-0.2, -0.15) is 0 Å². The number of carbonyl (C=O) groups is 4. The van der Waals surface area contributed by atoms with Crippen LogP contribution >= 0.6 is 0 Å². The minimum absolute atomic E-state index is 0.0417. The monoisotopic (exact) mass is 416 g/mol. The number of carbonyl (C=O) groups excluding carboxylic acids is 4. The minimum Gasteiger partial charge on any atom is -0.469 e. The highest BCUT2D eigenvalue weighted by atomic mass is 16.5. The second-order valence-electron chi connectivity index (χ2n) is 11.0. The first-order valence-electron chi connectivity index (χ1n) is 11.8. The summed E-state index contributed by atoms with van der Waals surface area (Å²) in [5.74, 6) is 1.41. The molecule has 0 aromatic carbocycles. The number of esters is 1. The first-order chi connectivity index (χ1) is 14.1. The van der Waals surface area contributed by atoms with E-state index in [0.717, 1.165) is 25.7 Å². The number of ketones is 3. The number of Topliss-reactive ketones (excluding diaryl/α,β-unsaturated/α-hetero) is 3. The van der Waals surface area contributed by atoms with Gasteiger partial charge in [-0.3, -0.25) is 19.2 Å². The maximum Gasteiger partial charge on any atom is 0.305 e. The van der Waals surface area contributed by atoms with E-state index in [9.17, 15) is 19.2 Å². The van der Waals surface area contributed by atoms with E-state index in [-0.39, 0.29) is 52.7 Å². The molecule has 4 rings (SSSR count). The van der Waals surface area contributed by atoms with Crippen molar-refractivity contribution in [2.45, 2.75) is 78.6 Å². The average Bonchev–Trinajstić information content (AvgIpc) is 3.06. The van der Waals surface area contributed by atoms with Crippen molar-refractivity contribution in [1.29, 1.82) is 0 Å². The Hall–Kier alpha value is -1.52. The summed E-state index contributed by atoms with van der Waals surface area (Å²) in [7, 11) is 1.41. The Morgan fingerprint density at radius 1 is 1.10 bits per heavy atom. The molecule has 2 unspecified atom stereocenters. The van der Waals surface area contributed by atoms with Gasteiger partial charge in [0.05, 0.1) is 7.11 Å². The molecular weight excluding hydrogens is 380 g/mol. The molecule has 0 spiro atoms. The highest BCUT2D eigenvalue weighted by Crippen LogP contribution is 2.66. The van der Waals surface area contributed by atoms with Crippen molar-refractivity contribution in [2.75, 3.05) is 7.11 Å². The maximum absolute atomic E-state index is 13.7. The van der Waals surface area contributed by atoms with E-state index in [0.29, 0.717) is 43.7 Å². The van der Waals surface area contributed by atoms with Crippen molar-refractivity contribution in [3.05, 3.63) is 0 Å². The van der Waals surface area contributed by atoms with Crippen molar-refractivity contribution >= 4 is 23.3 Å². The summed E-state index contributed by atoms with van der Waals surface area (Å²) in [4.78, 5) is 50.7. The molecule has 0 aromatic rings. The van der Waals surface area contributed by atoms with Crippen LogP contribution in [0.4, 0.5) is 0 Å². The lowest BCUT2D eigenvalue weighted by atomic mass is 9.44. The molecule has 0 radical (unpaired) electrons. The standard InChI is InChI=1S/C25H36O5/c1-14(5-8-22(29)30-4)17-6-7-18-23-19(13-21(28)25(17,18)3)24(2)10-9-16(26)11-15(24)12-20(23)27/h14-15,17-19,23H,5-13H2,1-4H3/t14-,15?,17?,18+,19+,23+,24+,25-/m1/s1. The van der Waals surface area contributed by atoms with Crippen molar-refractivity contribution in [1.82, 2.24) is 0 Å². The summed E-state index contributed by atoms with van der Waals surface area (Å²) >= 11 is 0. The van der Waals surface area contributed by atoms with Crippen molar-refractivity contribution in [3.8, 4) is 0 Å². The number of fused-ring (bicyclic) bond motifs is 5. The van der Waals surface area contributed by atoms with Gasteiger partial charge in [-0.25, -0.2) is 0 Å². The third-order valence-corrected chi connectivity index (χ3v) is 9.94. The predicted octanol–water partition coefficient (Wildman–Crippen LogP) is 4.16. The molecule has 5 heteroatoms. The van der Waals surface area contributed by atoms with Gasteiger partial charge in [0.25, 0.3) is 0 Å². The Labute approximate surface area is 179 Å². The fraction of sp³-hybridized carbons (Fsp3) is 0.840. The van der Waals surface area contributed by atoms with Gasteiger partial charge >= 0.3 is 5.97 Å². The lowest BCUT2D eigenvalue weighted by Crippen LogP contribution is -2.60. The SMILES string of the molecule is COC(=O)CC[C@@H](C)C1CC[C@H]2[C@@H]3C(=O)CC4CC(=O)CC[C@]4(C)[C@H]3CC(=O)[C@]12C. The van der Waals surface area contributed by atoms with Crippen LogP contribution in [0.15, 0.2) is 0 Å². The highest BCUT2D eigenvalue weighted by molar-refractivity contribution is 5.93. The summed E-state index contributed by atoms with van der Waals surface area (Å²) in [6.07, 6.45) is 5.87. The quantitative estimate of drug-likeness (QED) is 0.643. The number of hydrogen-bond donors (Lipinski definition) is 0. The minimum atomic E-state index is -0.472. The van der Waals surface area contributed by atoms with E-state index in [1.54, 1.807) is 0 Å². The Morgan fingerprint density at radius 3 is 2.53 bits per heavy atom. The molecular formula is C25H36O5. The number of rotatable bonds is 4. The first kappa shape index (κ1) is 21.7. The molecule has 166 valence electrons. The van der Waals surface area contributed by atoms with Crippen LogP contribution in [0.3, 0.4) is 0 Å². The van der Waals surface area contributed by atoms with Gasteiger partial charge in [-0.1, -0.05) is 20.8 Å². The molecule has 8 atom stereocenters. The average molecular weight is 417 g/mol. The van der Waals surface area contributed by atoms with Gasteiger partial charge in [0.15, 0.2) is 0 Å². The molecule has 0 aliphatic heterocycles. The normalized spacial score (nSPS) is 44.1. The lowest BCUT2D eigenvalue weighted by Gasteiger charge is -2.58. The van der Waals surface area contributed by atoms with Gasteiger partial charge in [-0.05, 0) is 60.7 Å². The van der Waals surface area contributed by atoms with Gasteiger partial charge in [0.1, 0.15) is 17.3 Å². The molecule has 0 aromatic heterocycles. The molecule has 0 amide bonds. The molecule has 0 N–H and O–H groups in total. The Morgan fingerprint density at radius 2 is 1.83 bits per heavy atom. The molecule has 4 aliphatic carbocycles. The number of ether oxygens (including phenoxy) is 1. The van der Waals surface area contributed by atoms with Crippen LogP contribution < -0.4 is 0 Å². The second-order valence-corrected chi connectivity index (χ2v) is 11.0. The maximum atomic E-state index is 13.7. The fourth-order valence-electron chi connectivity index (χ4n) is 8.04. The van der Waals surface area contributed by atoms with Crippen LogP contribution in [0.1, 0.15) is 78.6 Å². The summed E-state index contributed by atoms with van der Waals surface area (Å²) in [6, 6.07) is 0. The van der Waals surface area contributed by atoms with Crippen molar-refractivity contribution in [2.24, 2.45) is 46.3 Å². The molecule has 5 nitrogen and oxygen atoms in total. The molecule has 4 fully saturated rings. The number of methoxy groups -OCH3 is 1. The van der Waals surface area contributed by atoms with Crippen molar-refractivity contribution in [3.63, 3.8) is 0 Å². The third-order valence-electron chi connectivity index (χ3n) is 9.94. The smallest absolute Gasteiger partial charge is 0.305 e. The van der Waals surface area contributed by atoms with Crippen LogP contribution in [0.25, 0.3) is 0 Å². The van der Waals surface area contributed by atoms with Crippen LogP contribution in [0.2, 0.25) is 0 Å². The second kappa shape index (κ2) is 7.56. The molecule has 0 saturated heterocycles. The largest absolute Gasteiger partial charge is 0.469 e. The molecule has 4 aliphatic rings. The molecule has 0 bridgehead atoms. The van der Waals surface area contributed by atoms with E-state index >= 15 is 0 Å². The van der Waals surface area contributed by atoms with Gasteiger partial charge < -0.3 is 4.74 Å². The molecule has 30 heavy (non-hydrogen) atoms. The first-order valence-corrected chi connectivity index (χ1v) is 11.8. The Bertz CT molecular complexity index is 772. The third kappa shape index (κ3) is 3.10. The van der Waals surface area contributed by atoms with Crippen LogP contribution in [0.5, 0.6) is 0 Å². The van der Waals surface area contributed by atoms with E-state index in [2.05, 4.69) is 20.8 Å². The van der Waals surface area contributed by atoms with E-state index in [4.69, 9.17) is 4.74 Å². The van der Waals surface area contributed by atoms with Crippen LogP contribution in [0, 0.1) is 46.3 Å². The molecule has 4 saturated carbocycles. The Kier molecular flexibility index (Phi) is 5.47. The van der Waals surface area contributed by atoms with Crippen LogP contribution in [-0.4, -0.2) is 30.4 Å². The van der Waals surface area contributed by atoms with Gasteiger partial charge in [0.2, 0.25) is 0 Å². The van der Waals surface area contributed by atoms with Gasteiger partial charge in [0, 0.05) is 43.4 Å². The van der Waals surface area contributed by atoms with Crippen molar-refractivity contribution < 1.29 is 23.9 Å².